The Morgan fingerprint density at radius 1 is 0.821 bits per heavy atom. The average molecular weight is 370 g/mol. The van der Waals surface area contributed by atoms with Crippen LogP contribution in [0.25, 0.3) is 0 Å². The van der Waals surface area contributed by atoms with Gasteiger partial charge in [-0.05, 0) is 16.7 Å². The summed E-state index contributed by atoms with van der Waals surface area (Å²) in [4.78, 5) is 2.50. The number of benzene rings is 3. The molecule has 0 unspecified atom stereocenters. The zero-order valence-corrected chi connectivity index (χ0v) is 16.2. The molecule has 0 saturated carbocycles. The quantitative estimate of drug-likeness (QED) is 0.515. The first-order valence-corrected chi connectivity index (χ1v) is 9.96. The van der Waals surface area contributed by atoms with Gasteiger partial charge in [0, 0.05) is 19.0 Å². The Morgan fingerprint density at radius 2 is 1.39 bits per heavy atom. The monoisotopic (exact) mass is 369 g/mol. The number of likely N-dealkylation sites (tertiary alicyclic amines) is 1. The molecular weight excluding hydrogens is 342 g/mol. The van der Waals surface area contributed by atoms with Crippen LogP contribution in [0.3, 0.4) is 0 Å². The fraction of sp³-hybridized carbons (Fsp3) is 0.231. The summed E-state index contributed by atoms with van der Waals surface area (Å²) in [6.07, 6.45) is 2.14. The van der Waals surface area contributed by atoms with Gasteiger partial charge in [0.2, 0.25) is 0 Å². The Bertz CT molecular complexity index is 863. The molecule has 1 saturated heterocycles. The summed E-state index contributed by atoms with van der Waals surface area (Å²) in [7, 11) is 0. The lowest BCUT2D eigenvalue weighted by Crippen LogP contribution is -2.34. The van der Waals surface area contributed by atoms with Gasteiger partial charge in [0.1, 0.15) is 0 Å². The van der Waals surface area contributed by atoms with E-state index in [1.54, 1.807) is 0 Å². The van der Waals surface area contributed by atoms with Crippen molar-refractivity contribution in [1.29, 1.82) is 0 Å². The third-order valence-corrected chi connectivity index (χ3v) is 5.57. The zero-order chi connectivity index (χ0) is 19.2. The van der Waals surface area contributed by atoms with E-state index in [1.807, 2.05) is 6.07 Å². The number of hydrogen-bond donors (Lipinski definition) is 0. The minimum absolute atomic E-state index is 0.0869. The van der Waals surface area contributed by atoms with Crippen LogP contribution in [0.2, 0.25) is 0 Å². The van der Waals surface area contributed by atoms with Gasteiger partial charge in [-0.2, -0.15) is 0 Å². The zero-order valence-electron chi connectivity index (χ0n) is 16.2. The van der Waals surface area contributed by atoms with Crippen molar-refractivity contribution in [3.05, 3.63) is 120 Å². The van der Waals surface area contributed by atoms with Crippen LogP contribution < -0.4 is 0 Å². The molecule has 3 aromatic rings. The van der Waals surface area contributed by atoms with Crippen LogP contribution in [0.4, 0.5) is 0 Å². The average Bonchev–Trinajstić information content (AvgIpc) is 3.11. The largest absolute Gasteiger partial charge is 0.371 e. The molecule has 1 aliphatic rings. The van der Waals surface area contributed by atoms with Crippen molar-refractivity contribution in [2.45, 2.75) is 31.2 Å². The predicted molar refractivity (Wildman–Crippen MR) is 115 cm³/mol. The number of ether oxygens (including phenoxy) is 1. The minimum Gasteiger partial charge on any atom is -0.371 e. The van der Waals surface area contributed by atoms with E-state index in [-0.39, 0.29) is 12.1 Å². The van der Waals surface area contributed by atoms with Gasteiger partial charge in [0.15, 0.2) is 0 Å². The molecule has 3 aromatic carbocycles. The molecule has 142 valence electrons. The Labute approximate surface area is 168 Å². The van der Waals surface area contributed by atoms with E-state index in [0.717, 1.165) is 13.1 Å². The topological polar surface area (TPSA) is 12.5 Å². The summed E-state index contributed by atoms with van der Waals surface area (Å²) in [5.74, 6) is 0.330. The normalized spacial score (nSPS) is 22.2. The van der Waals surface area contributed by atoms with E-state index in [1.165, 1.54) is 16.7 Å². The molecule has 3 atom stereocenters. The molecule has 0 N–H and O–H groups in total. The van der Waals surface area contributed by atoms with Crippen LogP contribution in [0.1, 0.15) is 22.6 Å². The summed E-state index contributed by atoms with van der Waals surface area (Å²) < 4.78 is 6.51. The van der Waals surface area contributed by atoms with Crippen LogP contribution in [-0.2, 0) is 17.9 Å². The van der Waals surface area contributed by atoms with Crippen molar-refractivity contribution in [2.24, 2.45) is 0 Å². The highest BCUT2D eigenvalue weighted by Gasteiger charge is 2.41. The molecule has 2 nitrogen and oxygen atoms in total. The van der Waals surface area contributed by atoms with E-state index in [0.29, 0.717) is 12.5 Å². The molecule has 0 radical (unpaired) electrons. The molecule has 4 rings (SSSR count). The SMILES string of the molecule is C=C[C@H]1[C@H](OCc2ccccc2)[C@@H](c2ccccc2)CN1Cc1ccccc1. The van der Waals surface area contributed by atoms with E-state index in [9.17, 15) is 0 Å². The van der Waals surface area contributed by atoms with Gasteiger partial charge in [-0.1, -0.05) is 97.1 Å². The van der Waals surface area contributed by atoms with Crippen LogP contribution >= 0.6 is 0 Å². The molecule has 0 amide bonds. The van der Waals surface area contributed by atoms with Crippen molar-refractivity contribution in [3.63, 3.8) is 0 Å². The smallest absolute Gasteiger partial charge is 0.0851 e. The molecule has 1 fully saturated rings. The molecule has 0 spiro atoms. The standard InChI is InChI=1S/C26H27NO/c1-2-25-26(28-20-22-14-8-4-9-15-22)24(23-16-10-5-11-17-23)19-27(25)18-21-12-6-3-7-13-21/h2-17,24-26H,1,18-20H2/t24-,25+,26-/m1/s1. The summed E-state index contributed by atoms with van der Waals surface area (Å²) in [6, 6.07) is 32.0. The molecular formula is C26H27NO. The maximum Gasteiger partial charge on any atom is 0.0851 e. The lowest BCUT2D eigenvalue weighted by atomic mass is 9.93. The minimum atomic E-state index is 0.0869. The first-order chi connectivity index (χ1) is 13.8. The van der Waals surface area contributed by atoms with E-state index >= 15 is 0 Å². The Balaban J connectivity index is 1.57. The highest BCUT2D eigenvalue weighted by atomic mass is 16.5. The van der Waals surface area contributed by atoms with Crippen molar-refractivity contribution in [1.82, 2.24) is 4.90 Å². The first-order valence-electron chi connectivity index (χ1n) is 9.96. The highest BCUT2D eigenvalue weighted by molar-refractivity contribution is 5.26. The number of nitrogens with zero attached hydrogens (tertiary/aromatic N) is 1. The van der Waals surface area contributed by atoms with Crippen molar-refractivity contribution in [3.8, 4) is 0 Å². The molecule has 0 bridgehead atoms. The van der Waals surface area contributed by atoms with Gasteiger partial charge in [-0.15, -0.1) is 6.58 Å². The van der Waals surface area contributed by atoms with E-state index in [4.69, 9.17) is 4.74 Å². The predicted octanol–water partition coefficient (Wildman–Crippen LogP) is 5.43. The van der Waals surface area contributed by atoms with Crippen LogP contribution in [0.5, 0.6) is 0 Å². The fourth-order valence-electron chi connectivity index (χ4n) is 4.17. The summed E-state index contributed by atoms with van der Waals surface area (Å²) >= 11 is 0. The summed E-state index contributed by atoms with van der Waals surface area (Å²) in [6.45, 7) is 6.65. The van der Waals surface area contributed by atoms with Gasteiger partial charge >= 0.3 is 0 Å². The third-order valence-electron chi connectivity index (χ3n) is 5.57. The Morgan fingerprint density at radius 3 is 2.00 bits per heavy atom. The van der Waals surface area contributed by atoms with Gasteiger partial charge in [0.05, 0.1) is 18.8 Å². The summed E-state index contributed by atoms with van der Waals surface area (Å²) in [5, 5.41) is 0. The Hall–Kier alpha value is -2.68. The van der Waals surface area contributed by atoms with Gasteiger partial charge in [-0.25, -0.2) is 0 Å². The Kier molecular flexibility index (Phi) is 6.01. The van der Waals surface area contributed by atoms with Crippen LogP contribution in [0, 0.1) is 0 Å². The first kappa shape index (κ1) is 18.7. The van der Waals surface area contributed by atoms with Gasteiger partial charge in [0.25, 0.3) is 0 Å². The number of rotatable bonds is 7. The lowest BCUT2D eigenvalue weighted by Gasteiger charge is -2.26. The number of hydrogen-bond acceptors (Lipinski definition) is 2. The van der Waals surface area contributed by atoms with Crippen LogP contribution in [0.15, 0.2) is 104 Å². The molecule has 0 aromatic heterocycles. The van der Waals surface area contributed by atoms with Crippen LogP contribution in [-0.4, -0.2) is 23.6 Å². The molecule has 0 aliphatic carbocycles. The lowest BCUT2D eigenvalue weighted by molar-refractivity contribution is 0.0196. The molecule has 1 heterocycles. The highest BCUT2D eigenvalue weighted by Crippen LogP contribution is 2.36. The van der Waals surface area contributed by atoms with Gasteiger partial charge in [-0.3, -0.25) is 4.90 Å². The van der Waals surface area contributed by atoms with E-state index in [2.05, 4.69) is 102 Å². The van der Waals surface area contributed by atoms with Gasteiger partial charge < -0.3 is 4.74 Å². The molecule has 1 aliphatic heterocycles. The maximum atomic E-state index is 6.51. The summed E-state index contributed by atoms with van der Waals surface area (Å²) in [5.41, 5.74) is 3.87. The molecule has 28 heavy (non-hydrogen) atoms. The second-order valence-electron chi connectivity index (χ2n) is 7.42. The second kappa shape index (κ2) is 9.01. The fourth-order valence-corrected chi connectivity index (χ4v) is 4.17. The second-order valence-corrected chi connectivity index (χ2v) is 7.42. The van der Waals surface area contributed by atoms with Crippen molar-refractivity contribution in [2.75, 3.05) is 6.54 Å². The molecule has 2 heteroatoms. The van der Waals surface area contributed by atoms with Crippen molar-refractivity contribution >= 4 is 0 Å². The third kappa shape index (κ3) is 4.24. The maximum absolute atomic E-state index is 6.51. The van der Waals surface area contributed by atoms with E-state index < -0.39 is 0 Å². The van der Waals surface area contributed by atoms with Crippen molar-refractivity contribution < 1.29 is 4.74 Å².